The zero-order valence-corrected chi connectivity index (χ0v) is 16.6. The number of ether oxygens (including phenoxy) is 2. The van der Waals surface area contributed by atoms with Crippen molar-refractivity contribution >= 4 is 11.6 Å². The number of nitrogens with zero attached hydrogens (tertiary/aromatic N) is 1. The lowest BCUT2D eigenvalue weighted by molar-refractivity contribution is 0.102. The van der Waals surface area contributed by atoms with E-state index in [1.165, 1.54) is 0 Å². The molecule has 0 saturated heterocycles. The summed E-state index contributed by atoms with van der Waals surface area (Å²) in [6.45, 7) is 1.72. The van der Waals surface area contributed by atoms with E-state index in [2.05, 4.69) is 10.5 Å². The molecule has 0 spiro atoms. The Labute approximate surface area is 174 Å². The number of anilines is 1. The Kier molecular flexibility index (Phi) is 5.48. The molecule has 1 N–H and O–H groups in total. The fraction of sp³-hybridized carbons (Fsp3) is 0.0833. The highest BCUT2D eigenvalue weighted by Gasteiger charge is 2.21. The van der Waals surface area contributed by atoms with Crippen LogP contribution in [0, 0.1) is 6.92 Å². The Hall–Kier alpha value is -4.06. The molecule has 30 heavy (non-hydrogen) atoms. The van der Waals surface area contributed by atoms with Crippen LogP contribution in [0.3, 0.4) is 0 Å². The number of aromatic nitrogens is 1. The molecule has 0 radical (unpaired) electrons. The maximum atomic E-state index is 12.9. The number of amides is 1. The SMILES string of the molecule is COc1ccccc1Oc1ccc(NC(=O)c2c(-c3ccccc3)noc2C)cc1. The average molecular weight is 400 g/mol. The molecule has 1 amide bonds. The van der Waals surface area contributed by atoms with Crippen molar-refractivity contribution in [2.75, 3.05) is 12.4 Å². The Morgan fingerprint density at radius 1 is 0.900 bits per heavy atom. The van der Waals surface area contributed by atoms with E-state index in [4.69, 9.17) is 14.0 Å². The number of methoxy groups -OCH3 is 1. The summed E-state index contributed by atoms with van der Waals surface area (Å²) in [5.41, 5.74) is 2.38. The zero-order valence-electron chi connectivity index (χ0n) is 16.6. The number of carbonyl (C=O) groups is 1. The smallest absolute Gasteiger partial charge is 0.261 e. The normalized spacial score (nSPS) is 10.5. The molecule has 0 atom stereocenters. The highest BCUT2D eigenvalue weighted by Crippen LogP contribution is 2.31. The van der Waals surface area contributed by atoms with Gasteiger partial charge in [-0.05, 0) is 43.3 Å². The van der Waals surface area contributed by atoms with Crippen LogP contribution in [-0.2, 0) is 0 Å². The summed E-state index contributed by atoms with van der Waals surface area (Å²) in [6.07, 6.45) is 0. The molecule has 3 aromatic carbocycles. The van der Waals surface area contributed by atoms with Gasteiger partial charge in [0.2, 0.25) is 0 Å². The number of nitrogens with one attached hydrogen (secondary N) is 1. The zero-order chi connectivity index (χ0) is 20.9. The predicted octanol–water partition coefficient (Wildman–Crippen LogP) is 5.70. The highest BCUT2D eigenvalue weighted by atomic mass is 16.5. The van der Waals surface area contributed by atoms with Crippen molar-refractivity contribution < 1.29 is 18.8 Å². The van der Waals surface area contributed by atoms with E-state index in [9.17, 15) is 4.79 Å². The van der Waals surface area contributed by atoms with Crippen LogP contribution < -0.4 is 14.8 Å². The van der Waals surface area contributed by atoms with Crippen LogP contribution in [-0.4, -0.2) is 18.2 Å². The van der Waals surface area contributed by atoms with Crippen LogP contribution in [0.5, 0.6) is 17.2 Å². The number of para-hydroxylation sites is 2. The predicted molar refractivity (Wildman–Crippen MR) is 114 cm³/mol. The summed E-state index contributed by atoms with van der Waals surface area (Å²) in [5.74, 6) is 2.06. The van der Waals surface area contributed by atoms with Crippen LogP contribution in [0.25, 0.3) is 11.3 Å². The van der Waals surface area contributed by atoms with Gasteiger partial charge in [0.15, 0.2) is 11.5 Å². The van der Waals surface area contributed by atoms with E-state index in [0.717, 1.165) is 5.56 Å². The number of carbonyl (C=O) groups excluding carboxylic acids is 1. The second-order valence-corrected chi connectivity index (χ2v) is 6.56. The molecule has 0 bridgehead atoms. The summed E-state index contributed by atoms with van der Waals surface area (Å²) in [6, 6.07) is 24.0. The fourth-order valence-electron chi connectivity index (χ4n) is 3.06. The molecule has 0 aliphatic rings. The lowest BCUT2D eigenvalue weighted by atomic mass is 10.1. The average Bonchev–Trinajstić information content (AvgIpc) is 3.17. The second kappa shape index (κ2) is 8.53. The Morgan fingerprint density at radius 3 is 2.27 bits per heavy atom. The van der Waals surface area contributed by atoms with Crippen LogP contribution in [0.4, 0.5) is 5.69 Å². The van der Waals surface area contributed by atoms with E-state index >= 15 is 0 Å². The highest BCUT2D eigenvalue weighted by molar-refractivity contribution is 6.08. The molecule has 6 heteroatoms. The quantitative estimate of drug-likeness (QED) is 0.449. The van der Waals surface area contributed by atoms with Crippen LogP contribution in [0.1, 0.15) is 16.1 Å². The molecule has 1 heterocycles. The number of benzene rings is 3. The van der Waals surface area contributed by atoms with Gasteiger partial charge in [-0.25, -0.2) is 0 Å². The van der Waals surface area contributed by atoms with E-state index < -0.39 is 0 Å². The molecule has 0 unspecified atom stereocenters. The molecule has 0 aliphatic heterocycles. The Balaban J connectivity index is 1.51. The summed E-state index contributed by atoms with van der Waals surface area (Å²) in [5, 5.41) is 6.95. The third-order valence-corrected chi connectivity index (χ3v) is 4.55. The van der Waals surface area contributed by atoms with Crippen LogP contribution in [0.2, 0.25) is 0 Å². The lowest BCUT2D eigenvalue weighted by Crippen LogP contribution is -2.13. The first-order valence-corrected chi connectivity index (χ1v) is 9.39. The summed E-state index contributed by atoms with van der Waals surface area (Å²) in [7, 11) is 1.59. The van der Waals surface area contributed by atoms with Gasteiger partial charge in [-0.1, -0.05) is 47.6 Å². The first-order chi connectivity index (χ1) is 14.7. The number of rotatable bonds is 6. The Morgan fingerprint density at radius 2 is 1.57 bits per heavy atom. The van der Waals surface area contributed by atoms with Gasteiger partial charge in [0.25, 0.3) is 5.91 Å². The van der Waals surface area contributed by atoms with Gasteiger partial charge in [0, 0.05) is 11.3 Å². The van der Waals surface area contributed by atoms with Gasteiger partial charge in [-0.3, -0.25) is 4.79 Å². The molecule has 150 valence electrons. The molecule has 4 aromatic rings. The molecular formula is C24H20N2O4. The summed E-state index contributed by atoms with van der Waals surface area (Å²) in [4.78, 5) is 12.9. The molecular weight excluding hydrogens is 380 g/mol. The van der Waals surface area contributed by atoms with Gasteiger partial charge >= 0.3 is 0 Å². The molecule has 0 aliphatic carbocycles. The van der Waals surface area contributed by atoms with E-state index in [-0.39, 0.29) is 5.91 Å². The van der Waals surface area contributed by atoms with Crippen molar-refractivity contribution in [3.63, 3.8) is 0 Å². The number of hydrogen-bond acceptors (Lipinski definition) is 5. The molecule has 1 aromatic heterocycles. The number of aryl methyl sites for hydroxylation is 1. The van der Waals surface area contributed by atoms with Crippen molar-refractivity contribution in [1.29, 1.82) is 0 Å². The maximum absolute atomic E-state index is 12.9. The third kappa shape index (κ3) is 4.03. The van der Waals surface area contributed by atoms with Gasteiger partial charge < -0.3 is 19.3 Å². The summed E-state index contributed by atoms with van der Waals surface area (Å²) < 4.78 is 16.4. The maximum Gasteiger partial charge on any atom is 0.261 e. The van der Waals surface area contributed by atoms with E-state index in [1.54, 1.807) is 38.3 Å². The van der Waals surface area contributed by atoms with Gasteiger partial charge in [0.05, 0.1) is 7.11 Å². The topological polar surface area (TPSA) is 73.6 Å². The summed E-state index contributed by atoms with van der Waals surface area (Å²) >= 11 is 0. The molecule has 6 nitrogen and oxygen atoms in total. The van der Waals surface area contributed by atoms with Gasteiger partial charge in [-0.15, -0.1) is 0 Å². The molecule has 0 saturated carbocycles. The Bertz CT molecular complexity index is 1150. The fourth-order valence-corrected chi connectivity index (χ4v) is 3.06. The standard InChI is InChI=1S/C24H20N2O4/c1-16-22(23(26-30-16)17-8-4-3-5-9-17)24(27)25-18-12-14-19(15-13-18)29-21-11-7-6-10-20(21)28-2/h3-15H,1-2H3,(H,25,27). The lowest BCUT2D eigenvalue weighted by Gasteiger charge is -2.11. The largest absolute Gasteiger partial charge is 0.493 e. The van der Waals surface area contributed by atoms with Crippen molar-refractivity contribution in [3.05, 3.63) is 90.2 Å². The van der Waals surface area contributed by atoms with Crippen LogP contribution in [0.15, 0.2) is 83.4 Å². The minimum atomic E-state index is -0.286. The van der Waals surface area contributed by atoms with Gasteiger partial charge in [0.1, 0.15) is 22.8 Å². The minimum absolute atomic E-state index is 0.286. The monoisotopic (exact) mass is 400 g/mol. The third-order valence-electron chi connectivity index (χ3n) is 4.55. The van der Waals surface area contributed by atoms with Crippen molar-refractivity contribution in [1.82, 2.24) is 5.16 Å². The van der Waals surface area contributed by atoms with Gasteiger partial charge in [-0.2, -0.15) is 0 Å². The van der Waals surface area contributed by atoms with E-state index in [0.29, 0.717) is 40.0 Å². The minimum Gasteiger partial charge on any atom is -0.493 e. The number of hydrogen-bond donors (Lipinski definition) is 1. The molecule has 4 rings (SSSR count). The van der Waals surface area contributed by atoms with Crippen molar-refractivity contribution in [2.45, 2.75) is 6.92 Å². The molecule has 0 fully saturated rings. The van der Waals surface area contributed by atoms with Crippen molar-refractivity contribution in [2.24, 2.45) is 0 Å². The van der Waals surface area contributed by atoms with Crippen LogP contribution >= 0.6 is 0 Å². The van der Waals surface area contributed by atoms with E-state index in [1.807, 2.05) is 54.6 Å². The van der Waals surface area contributed by atoms with Crippen molar-refractivity contribution in [3.8, 4) is 28.5 Å². The first kappa shape index (κ1) is 19.3. The second-order valence-electron chi connectivity index (χ2n) is 6.56. The first-order valence-electron chi connectivity index (χ1n) is 9.39.